The van der Waals surface area contributed by atoms with Crippen LogP contribution in [0.15, 0.2) is 12.1 Å². The fourth-order valence-electron chi connectivity index (χ4n) is 1.34. The van der Waals surface area contributed by atoms with Crippen LogP contribution in [0.25, 0.3) is 0 Å². The average Bonchev–Trinajstić information content (AvgIpc) is 3.03. The monoisotopic (exact) mass is 241 g/mol. The van der Waals surface area contributed by atoms with Gasteiger partial charge >= 0.3 is 5.97 Å². The minimum Gasteiger partial charge on any atom is -0.492 e. The second-order valence-corrected chi connectivity index (χ2v) is 4.32. The molecule has 1 saturated carbocycles. The maximum atomic E-state index is 10.8. The first kappa shape index (κ1) is 11.1. The van der Waals surface area contributed by atoms with E-state index in [4.69, 9.17) is 27.2 Å². The summed E-state index contributed by atoms with van der Waals surface area (Å²) in [5.74, 6) is -0.114. The van der Waals surface area contributed by atoms with E-state index in [9.17, 15) is 4.79 Å². The van der Waals surface area contributed by atoms with Crippen LogP contribution in [0.3, 0.4) is 0 Å². The van der Waals surface area contributed by atoms with Crippen molar-refractivity contribution in [2.24, 2.45) is 5.92 Å². The Kier molecular flexibility index (Phi) is 2.92. The van der Waals surface area contributed by atoms with Crippen molar-refractivity contribution in [1.29, 1.82) is 0 Å². The first-order valence-electron chi connectivity index (χ1n) is 5.03. The molecule has 86 valence electrons. The lowest BCUT2D eigenvalue weighted by Gasteiger charge is -2.10. The summed E-state index contributed by atoms with van der Waals surface area (Å²) in [6, 6.07) is 2.73. The van der Waals surface area contributed by atoms with E-state index in [1.54, 1.807) is 0 Å². The van der Waals surface area contributed by atoms with Gasteiger partial charge in [-0.1, -0.05) is 11.6 Å². The fraction of sp³-hybridized carbons (Fsp3) is 0.364. The molecule has 0 aromatic heterocycles. The van der Waals surface area contributed by atoms with Gasteiger partial charge in [0.2, 0.25) is 0 Å². The summed E-state index contributed by atoms with van der Waals surface area (Å²) < 4.78 is 5.46. The lowest BCUT2D eigenvalue weighted by Crippen LogP contribution is -2.04. The number of aromatic carboxylic acids is 1. The number of carboxylic acid groups (broad SMARTS) is 1. The molecule has 0 aliphatic heterocycles. The molecule has 4 nitrogen and oxygen atoms in total. The van der Waals surface area contributed by atoms with Crippen LogP contribution >= 0.6 is 11.6 Å². The summed E-state index contributed by atoms with van der Waals surface area (Å²) in [6.07, 6.45) is 2.32. The zero-order chi connectivity index (χ0) is 11.7. The van der Waals surface area contributed by atoms with E-state index >= 15 is 0 Å². The molecule has 1 aliphatic rings. The van der Waals surface area contributed by atoms with Crippen LogP contribution in [0.4, 0.5) is 5.69 Å². The minimum absolute atomic E-state index is 0.0905. The molecule has 1 aliphatic carbocycles. The van der Waals surface area contributed by atoms with E-state index in [0.717, 1.165) is 12.8 Å². The molecule has 1 aromatic carbocycles. The van der Waals surface area contributed by atoms with Crippen LogP contribution in [-0.2, 0) is 0 Å². The van der Waals surface area contributed by atoms with Crippen molar-refractivity contribution in [2.45, 2.75) is 12.8 Å². The first-order valence-corrected chi connectivity index (χ1v) is 5.41. The second kappa shape index (κ2) is 4.22. The molecule has 5 heteroatoms. The maximum Gasteiger partial charge on any atom is 0.335 e. The molecule has 2 rings (SSSR count). The Morgan fingerprint density at radius 3 is 2.81 bits per heavy atom. The Morgan fingerprint density at radius 2 is 2.25 bits per heavy atom. The van der Waals surface area contributed by atoms with E-state index in [-0.39, 0.29) is 16.3 Å². The Labute approximate surface area is 98.0 Å². The Morgan fingerprint density at radius 1 is 1.56 bits per heavy atom. The topological polar surface area (TPSA) is 72.6 Å². The molecule has 3 N–H and O–H groups in total. The largest absolute Gasteiger partial charge is 0.492 e. The van der Waals surface area contributed by atoms with Crippen molar-refractivity contribution in [2.75, 3.05) is 12.3 Å². The number of hydrogen-bond donors (Lipinski definition) is 2. The third-order valence-corrected chi connectivity index (χ3v) is 2.89. The molecule has 1 fully saturated rings. The maximum absolute atomic E-state index is 10.8. The van der Waals surface area contributed by atoms with Gasteiger partial charge in [0.05, 0.1) is 17.9 Å². The predicted molar refractivity (Wildman–Crippen MR) is 61.0 cm³/mol. The number of halogens is 1. The second-order valence-electron chi connectivity index (χ2n) is 3.94. The van der Waals surface area contributed by atoms with Gasteiger partial charge in [-0.2, -0.15) is 0 Å². The zero-order valence-corrected chi connectivity index (χ0v) is 9.33. The summed E-state index contributed by atoms with van der Waals surface area (Å²) >= 11 is 5.93. The molecular weight excluding hydrogens is 230 g/mol. The fourth-order valence-corrected chi connectivity index (χ4v) is 1.50. The number of hydrogen-bond acceptors (Lipinski definition) is 3. The van der Waals surface area contributed by atoms with Crippen molar-refractivity contribution < 1.29 is 14.6 Å². The van der Waals surface area contributed by atoms with Crippen molar-refractivity contribution in [1.82, 2.24) is 0 Å². The van der Waals surface area contributed by atoms with Crippen LogP contribution in [0.2, 0.25) is 5.02 Å². The summed E-state index contributed by atoms with van der Waals surface area (Å²) in [7, 11) is 0. The van der Waals surface area contributed by atoms with Gasteiger partial charge in [0.25, 0.3) is 0 Å². The Hall–Kier alpha value is -1.42. The van der Waals surface area contributed by atoms with Crippen molar-refractivity contribution in [3.05, 3.63) is 22.7 Å². The van der Waals surface area contributed by atoms with Crippen LogP contribution in [0.5, 0.6) is 5.75 Å². The van der Waals surface area contributed by atoms with Crippen molar-refractivity contribution in [3.8, 4) is 5.75 Å². The van der Waals surface area contributed by atoms with Gasteiger partial charge in [0, 0.05) is 0 Å². The standard InChI is InChI=1S/C11H12ClNO3/c12-10-8(13)3-7(11(14)15)4-9(10)16-5-6-1-2-6/h3-4,6H,1-2,5,13H2,(H,14,15). The van der Waals surface area contributed by atoms with E-state index in [2.05, 4.69) is 0 Å². The predicted octanol–water partition coefficient (Wildman–Crippen LogP) is 2.41. The summed E-state index contributed by atoms with van der Waals surface area (Å²) in [5, 5.41) is 9.14. The molecule has 0 spiro atoms. The molecule has 0 bridgehead atoms. The number of nitrogen functional groups attached to an aromatic ring is 1. The van der Waals surface area contributed by atoms with Gasteiger partial charge in [0.15, 0.2) is 0 Å². The van der Waals surface area contributed by atoms with E-state index in [0.29, 0.717) is 18.3 Å². The van der Waals surface area contributed by atoms with Crippen LogP contribution < -0.4 is 10.5 Å². The van der Waals surface area contributed by atoms with Gasteiger partial charge in [0.1, 0.15) is 10.8 Å². The Bertz CT molecular complexity index is 429. The van der Waals surface area contributed by atoms with Gasteiger partial charge < -0.3 is 15.6 Å². The molecule has 0 unspecified atom stereocenters. The lowest BCUT2D eigenvalue weighted by molar-refractivity contribution is 0.0696. The lowest BCUT2D eigenvalue weighted by atomic mass is 10.2. The highest BCUT2D eigenvalue weighted by molar-refractivity contribution is 6.34. The first-order chi connectivity index (χ1) is 7.58. The number of carboxylic acids is 1. The van der Waals surface area contributed by atoms with Crippen molar-refractivity contribution in [3.63, 3.8) is 0 Å². The molecule has 0 amide bonds. The highest BCUT2D eigenvalue weighted by Gasteiger charge is 2.23. The quantitative estimate of drug-likeness (QED) is 0.794. The zero-order valence-electron chi connectivity index (χ0n) is 8.57. The van der Waals surface area contributed by atoms with Crippen molar-refractivity contribution >= 4 is 23.3 Å². The summed E-state index contributed by atoms with van der Waals surface area (Å²) in [5.41, 5.74) is 5.93. The normalized spacial score (nSPS) is 14.8. The molecule has 0 radical (unpaired) electrons. The third kappa shape index (κ3) is 2.39. The van der Waals surface area contributed by atoms with Crippen LogP contribution in [0.1, 0.15) is 23.2 Å². The molecule has 0 atom stereocenters. The highest BCUT2D eigenvalue weighted by atomic mass is 35.5. The van der Waals surface area contributed by atoms with Crippen LogP contribution in [-0.4, -0.2) is 17.7 Å². The SMILES string of the molecule is Nc1cc(C(=O)O)cc(OCC2CC2)c1Cl. The van der Waals surface area contributed by atoms with Gasteiger partial charge in [-0.25, -0.2) is 4.79 Å². The van der Waals surface area contributed by atoms with Crippen LogP contribution in [0, 0.1) is 5.92 Å². The van der Waals surface area contributed by atoms with E-state index in [1.807, 2.05) is 0 Å². The Balaban J connectivity index is 2.22. The average molecular weight is 242 g/mol. The van der Waals surface area contributed by atoms with Gasteiger partial charge in [-0.3, -0.25) is 0 Å². The molecule has 1 aromatic rings. The minimum atomic E-state index is -1.04. The molecule has 16 heavy (non-hydrogen) atoms. The van der Waals surface area contributed by atoms with Gasteiger partial charge in [-0.05, 0) is 30.9 Å². The number of nitrogens with two attached hydrogens (primary N) is 1. The number of carbonyl (C=O) groups is 1. The van der Waals surface area contributed by atoms with E-state index in [1.165, 1.54) is 12.1 Å². The molecular formula is C11H12ClNO3. The highest BCUT2D eigenvalue weighted by Crippen LogP contribution is 2.35. The summed E-state index contributed by atoms with van der Waals surface area (Å²) in [6.45, 7) is 0.572. The van der Waals surface area contributed by atoms with E-state index < -0.39 is 5.97 Å². The number of rotatable bonds is 4. The number of anilines is 1. The molecule has 0 heterocycles. The number of benzene rings is 1. The molecule has 0 saturated heterocycles. The number of ether oxygens (including phenoxy) is 1. The third-order valence-electron chi connectivity index (χ3n) is 2.49. The summed E-state index contributed by atoms with van der Waals surface area (Å²) in [4.78, 5) is 10.8. The smallest absolute Gasteiger partial charge is 0.335 e. The van der Waals surface area contributed by atoms with Gasteiger partial charge in [-0.15, -0.1) is 0 Å².